The van der Waals surface area contributed by atoms with Crippen molar-refractivity contribution in [1.82, 2.24) is 5.32 Å². The predicted molar refractivity (Wildman–Crippen MR) is 58.5 cm³/mol. The Bertz CT molecular complexity index is 322. The number of hydrogen-bond donors (Lipinski definition) is 1. The molecule has 1 unspecified atom stereocenters. The number of nitrogens with one attached hydrogen (secondary N) is 1. The smallest absolute Gasteiger partial charge is 0.220 e. The van der Waals surface area contributed by atoms with Gasteiger partial charge in [0, 0.05) is 19.9 Å². The van der Waals surface area contributed by atoms with Gasteiger partial charge in [-0.15, -0.1) is 0 Å². The first-order valence-electron chi connectivity index (χ1n) is 4.97. The van der Waals surface area contributed by atoms with Crippen molar-refractivity contribution in [2.24, 2.45) is 0 Å². The van der Waals surface area contributed by atoms with Crippen LogP contribution >= 0.6 is 0 Å². The lowest BCUT2D eigenvalue weighted by Gasteiger charge is -2.13. The molecule has 1 atom stereocenters. The molecule has 0 spiro atoms. The van der Waals surface area contributed by atoms with Crippen molar-refractivity contribution in [3.05, 3.63) is 35.9 Å². The quantitative estimate of drug-likeness (QED) is 0.740. The minimum absolute atomic E-state index is 0.0105. The molecule has 0 saturated heterocycles. The second kappa shape index (κ2) is 5.96. The third-order valence-corrected chi connectivity index (χ3v) is 2.36. The highest BCUT2D eigenvalue weighted by Crippen LogP contribution is 2.21. The third-order valence-electron chi connectivity index (χ3n) is 2.36. The predicted octanol–water partition coefficient (Wildman–Crippen LogP) is 1.50. The molecule has 80 valence electrons. The lowest BCUT2D eigenvalue weighted by molar-refractivity contribution is -0.121. The van der Waals surface area contributed by atoms with E-state index in [2.05, 4.69) is 5.32 Å². The van der Waals surface area contributed by atoms with Crippen LogP contribution in [0.3, 0.4) is 0 Å². The fourth-order valence-electron chi connectivity index (χ4n) is 1.50. The molecule has 0 aliphatic carbocycles. The number of carbonyl (C=O) groups excluding carboxylic acids is 2. The maximum Gasteiger partial charge on any atom is 0.220 e. The lowest BCUT2D eigenvalue weighted by Crippen LogP contribution is -2.20. The van der Waals surface area contributed by atoms with Crippen LogP contribution < -0.4 is 5.32 Å². The molecule has 1 amide bonds. The third kappa shape index (κ3) is 3.54. The van der Waals surface area contributed by atoms with Gasteiger partial charge in [0.15, 0.2) is 0 Å². The van der Waals surface area contributed by atoms with E-state index in [9.17, 15) is 9.59 Å². The van der Waals surface area contributed by atoms with E-state index in [0.29, 0.717) is 12.8 Å². The summed E-state index contributed by atoms with van der Waals surface area (Å²) in [6.45, 7) is 0. The van der Waals surface area contributed by atoms with E-state index in [-0.39, 0.29) is 11.8 Å². The summed E-state index contributed by atoms with van der Waals surface area (Å²) in [6, 6.07) is 9.63. The van der Waals surface area contributed by atoms with Crippen LogP contribution in [0.2, 0.25) is 0 Å². The highest BCUT2D eigenvalue weighted by molar-refractivity contribution is 5.77. The summed E-state index contributed by atoms with van der Waals surface area (Å²) in [5, 5.41) is 2.57. The van der Waals surface area contributed by atoms with E-state index >= 15 is 0 Å². The van der Waals surface area contributed by atoms with Crippen LogP contribution in [0.5, 0.6) is 0 Å². The van der Waals surface area contributed by atoms with Crippen LogP contribution in [0.25, 0.3) is 0 Å². The van der Waals surface area contributed by atoms with Gasteiger partial charge in [-0.05, 0) is 11.5 Å². The van der Waals surface area contributed by atoms with Crippen LogP contribution in [-0.4, -0.2) is 19.2 Å². The Kier molecular flexibility index (Phi) is 4.54. The fraction of sp³-hybridized carbons (Fsp3) is 0.333. The standard InChI is InChI=1S/C12H15NO2/c1-13-12(15)9-11(7-8-14)10-5-3-2-4-6-10/h2-6,8,11H,7,9H2,1H3,(H,13,15). The Morgan fingerprint density at radius 1 is 1.40 bits per heavy atom. The normalized spacial score (nSPS) is 11.8. The molecule has 0 radical (unpaired) electrons. The Labute approximate surface area is 89.5 Å². The number of rotatable bonds is 5. The summed E-state index contributed by atoms with van der Waals surface area (Å²) < 4.78 is 0. The molecule has 3 heteroatoms. The summed E-state index contributed by atoms with van der Waals surface area (Å²) in [4.78, 5) is 21.8. The maximum absolute atomic E-state index is 11.2. The van der Waals surface area contributed by atoms with Crippen molar-refractivity contribution in [2.75, 3.05) is 7.05 Å². The van der Waals surface area contributed by atoms with Crippen LogP contribution in [0.15, 0.2) is 30.3 Å². The number of carbonyl (C=O) groups is 2. The van der Waals surface area contributed by atoms with Gasteiger partial charge in [0.05, 0.1) is 0 Å². The second-order valence-corrected chi connectivity index (χ2v) is 3.39. The molecule has 0 aromatic heterocycles. The SMILES string of the molecule is CNC(=O)CC(CC=O)c1ccccc1. The molecule has 1 N–H and O–H groups in total. The number of amides is 1. The molecule has 15 heavy (non-hydrogen) atoms. The average molecular weight is 205 g/mol. The van der Waals surface area contributed by atoms with E-state index in [1.54, 1.807) is 7.05 Å². The molecule has 3 nitrogen and oxygen atoms in total. The van der Waals surface area contributed by atoms with Crippen molar-refractivity contribution >= 4 is 12.2 Å². The first-order chi connectivity index (χ1) is 7.27. The van der Waals surface area contributed by atoms with E-state index in [0.717, 1.165) is 11.8 Å². The zero-order valence-corrected chi connectivity index (χ0v) is 8.77. The summed E-state index contributed by atoms with van der Waals surface area (Å²) in [6.07, 6.45) is 1.61. The minimum atomic E-state index is -0.0364. The molecule has 0 bridgehead atoms. The van der Waals surface area contributed by atoms with Crippen LogP contribution in [0.4, 0.5) is 0 Å². The fourth-order valence-corrected chi connectivity index (χ4v) is 1.50. The minimum Gasteiger partial charge on any atom is -0.359 e. The Balaban J connectivity index is 2.74. The van der Waals surface area contributed by atoms with Crippen molar-refractivity contribution in [2.45, 2.75) is 18.8 Å². The summed E-state index contributed by atoms with van der Waals surface area (Å²) in [5.41, 5.74) is 1.04. The van der Waals surface area contributed by atoms with E-state index in [1.807, 2.05) is 30.3 Å². The van der Waals surface area contributed by atoms with Gasteiger partial charge < -0.3 is 10.1 Å². The van der Waals surface area contributed by atoms with Gasteiger partial charge in [-0.2, -0.15) is 0 Å². The molecular weight excluding hydrogens is 190 g/mol. The Hall–Kier alpha value is -1.64. The maximum atomic E-state index is 11.2. The molecule has 1 aromatic rings. The van der Waals surface area contributed by atoms with Gasteiger partial charge in [0.1, 0.15) is 6.29 Å². The summed E-state index contributed by atoms with van der Waals surface area (Å²) in [5.74, 6) is -0.0469. The number of hydrogen-bond acceptors (Lipinski definition) is 2. The second-order valence-electron chi connectivity index (χ2n) is 3.39. The Morgan fingerprint density at radius 2 is 2.07 bits per heavy atom. The number of benzene rings is 1. The van der Waals surface area contributed by atoms with Crippen LogP contribution in [0, 0.1) is 0 Å². The van der Waals surface area contributed by atoms with Crippen molar-refractivity contribution < 1.29 is 9.59 Å². The van der Waals surface area contributed by atoms with Crippen molar-refractivity contribution in [3.8, 4) is 0 Å². The van der Waals surface area contributed by atoms with Gasteiger partial charge in [0.25, 0.3) is 0 Å². The van der Waals surface area contributed by atoms with E-state index in [4.69, 9.17) is 0 Å². The highest BCUT2D eigenvalue weighted by Gasteiger charge is 2.14. The molecule has 0 heterocycles. The van der Waals surface area contributed by atoms with Crippen molar-refractivity contribution in [3.63, 3.8) is 0 Å². The van der Waals surface area contributed by atoms with Gasteiger partial charge in [0.2, 0.25) is 5.91 Å². The molecule has 0 aliphatic rings. The number of aldehydes is 1. The molecule has 0 fully saturated rings. The monoisotopic (exact) mass is 205 g/mol. The molecule has 1 aromatic carbocycles. The van der Waals surface area contributed by atoms with Crippen molar-refractivity contribution in [1.29, 1.82) is 0 Å². The van der Waals surface area contributed by atoms with Crippen LogP contribution in [-0.2, 0) is 9.59 Å². The zero-order chi connectivity index (χ0) is 11.1. The molecule has 0 aliphatic heterocycles. The topological polar surface area (TPSA) is 46.2 Å². The largest absolute Gasteiger partial charge is 0.359 e. The lowest BCUT2D eigenvalue weighted by atomic mass is 9.93. The highest BCUT2D eigenvalue weighted by atomic mass is 16.1. The summed E-state index contributed by atoms with van der Waals surface area (Å²) >= 11 is 0. The van der Waals surface area contributed by atoms with E-state index < -0.39 is 0 Å². The molecule has 1 rings (SSSR count). The van der Waals surface area contributed by atoms with Gasteiger partial charge in [-0.1, -0.05) is 30.3 Å². The van der Waals surface area contributed by atoms with E-state index in [1.165, 1.54) is 0 Å². The summed E-state index contributed by atoms with van der Waals surface area (Å²) in [7, 11) is 1.60. The van der Waals surface area contributed by atoms with Gasteiger partial charge in [-0.3, -0.25) is 4.79 Å². The Morgan fingerprint density at radius 3 is 2.60 bits per heavy atom. The first-order valence-corrected chi connectivity index (χ1v) is 4.97. The molecular formula is C12H15NO2. The first kappa shape index (κ1) is 11.4. The van der Waals surface area contributed by atoms with Gasteiger partial charge in [-0.25, -0.2) is 0 Å². The zero-order valence-electron chi connectivity index (χ0n) is 8.77. The average Bonchev–Trinajstić information content (AvgIpc) is 2.29. The van der Waals surface area contributed by atoms with Crippen LogP contribution in [0.1, 0.15) is 24.3 Å². The molecule has 0 saturated carbocycles. The van der Waals surface area contributed by atoms with Gasteiger partial charge >= 0.3 is 0 Å².